The van der Waals surface area contributed by atoms with Gasteiger partial charge < -0.3 is 10.6 Å². The molecule has 0 aliphatic carbocycles. The fraction of sp³-hybridized carbons (Fsp3) is 0.500. The van der Waals surface area contributed by atoms with Crippen LogP contribution in [0.5, 0.6) is 0 Å². The quantitative estimate of drug-likeness (QED) is 0.768. The van der Waals surface area contributed by atoms with Crippen molar-refractivity contribution >= 4 is 29.1 Å². The van der Waals surface area contributed by atoms with E-state index in [-0.39, 0.29) is 16.8 Å². The number of alkyl halides is 3. The third kappa shape index (κ3) is 6.39. The van der Waals surface area contributed by atoms with Gasteiger partial charge in [0, 0.05) is 6.04 Å². The fourth-order valence-corrected chi connectivity index (χ4v) is 2.09. The third-order valence-electron chi connectivity index (χ3n) is 3.30. The van der Waals surface area contributed by atoms with Gasteiger partial charge >= 0.3 is 18.0 Å². The lowest BCUT2D eigenvalue weighted by molar-refractivity contribution is -0.137. The van der Waals surface area contributed by atoms with Gasteiger partial charge in [-0.3, -0.25) is 9.59 Å². The molecule has 0 fully saturated rings. The van der Waals surface area contributed by atoms with Gasteiger partial charge in [-0.25, -0.2) is 0 Å². The zero-order chi connectivity index (χ0) is 18.5. The van der Waals surface area contributed by atoms with Crippen LogP contribution in [0.2, 0.25) is 5.02 Å². The predicted molar refractivity (Wildman–Crippen MR) is 86.8 cm³/mol. The molecule has 134 valence electrons. The third-order valence-corrected chi connectivity index (χ3v) is 3.63. The number of carbonyl (C=O) groups is 2. The highest BCUT2D eigenvalue weighted by Gasteiger charge is 2.31. The van der Waals surface area contributed by atoms with Crippen LogP contribution in [0.3, 0.4) is 0 Å². The maximum absolute atomic E-state index is 12.7. The first kappa shape index (κ1) is 20.3. The number of benzene rings is 1. The van der Waals surface area contributed by atoms with Gasteiger partial charge in [0.15, 0.2) is 0 Å². The highest BCUT2D eigenvalue weighted by molar-refractivity contribution is 6.41. The van der Waals surface area contributed by atoms with Crippen LogP contribution in [-0.2, 0) is 15.8 Å². The van der Waals surface area contributed by atoms with E-state index in [0.29, 0.717) is 18.4 Å². The number of nitrogens with one attached hydrogen (secondary N) is 2. The summed E-state index contributed by atoms with van der Waals surface area (Å²) < 4.78 is 38.0. The Bertz CT molecular complexity index is 603. The summed E-state index contributed by atoms with van der Waals surface area (Å²) in [7, 11) is 0. The molecule has 0 saturated heterocycles. The fourth-order valence-electron chi connectivity index (χ4n) is 1.92. The van der Waals surface area contributed by atoms with Crippen LogP contribution >= 0.6 is 11.6 Å². The number of hydrogen-bond acceptors (Lipinski definition) is 2. The van der Waals surface area contributed by atoms with Gasteiger partial charge in [-0.2, -0.15) is 13.2 Å². The maximum Gasteiger partial charge on any atom is 0.416 e. The number of halogens is 4. The van der Waals surface area contributed by atoms with Gasteiger partial charge in [-0.05, 0) is 43.9 Å². The Labute approximate surface area is 143 Å². The summed E-state index contributed by atoms with van der Waals surface area (Å²) in [5, 5.41) is 4.53. The van der Waals surface area contributed by atoms with Gasteiger partial charge in [-0.15, -0.1) is 0 Å². The molecule has 2 amide bonds. The summed E-state index contributed by atoms with van der Waals surface area (Å²) in [6.45, 7) is 5.83. The average molecular weight is 365 g/mol. The minimum Gasteiger partial charge on any atom is -0.345 e. The second kappa shape index (κ2) is 8.37. The summed E-state index contributed by atoms with van der Waals surface area (Å²) in [4.78, 5) is 23.6. The molecule has 1 aromatic carbocycles. The average Bonchev–Trinajstić information content (AvgIpc) is 2.46. The van der Waals surface area contributed by atoms with Crippen molar-refractivity contribution < 1.29 is 22.8 Å². The largest absolute Gasteiger partial charge is 0.416 e. The van der Waals surface area contributed by atoms with Crippen molar-refractivity contribution in [2.45, 2.75) is 45.8 Å². The molecule has 1 unspecified atom stereocenters. The molecule has 0 radical (unpaired) electrons. The molecule has 0 saturated carbocycles. The van der Waals surface area contributed by atoms with Gasteiger partial charge in [0.05, 0.1) is 16.3 Å². The first-order chi connectivity index (χ1) is 11.0. The van der Waals surface area contributed by atoms with Crippen molar-refractivity contribution in [3.8, 4) is 0 Å². The smallest absolute Gasteiger partial charge is 0.345 e. The molecule has 0 aliphatic rings. The molecule has 0 heterocycles. The molecule has 0 aliphatic heterocycles. The van der Waals surface area contributed by atoms with Crippen LogP contribution in [0.25, 0.3) is 0 Å². The Kier molecular flexibility index (Phi) is 7.08. The van der Waals surface area contributed by atoms with E-state index in [9.17, 15) is 22.8 Å². The molecule has 1 atom stereocenters. The predicted octanol–water partition coefficient (Wildman–Crippen LogP) is 4.24. The zero-order valence-corrected chi connectivity index (χ0v) is 14.4. The van der Waals surface area contributed by atoms with Crippen molar-refractivity contribution in [1.29, 1.82) is 0 Å². The van der Waals surface area contributed by atoms with E-state index < -0.39 is 23.6 Å². The normalized spacial score (nSPS) is 12.8. The zero-order valence-electron chi connectivity index (χ0n) is 13.6. The van der Waals surface area contributed by atoms with E-state index >= 15 is 0 Å². The Morgan fingerprint density at radius 2 is 1.75 bits per heavy atom. The molecule has 0 bridgehead atoms. The topological polar surface area (TPSA) is 58.2 Å². The lowest BCUT2D eigenvalue weighted by Crippen LogP contribution is -2.40. The highest BCUT2D eigenvalue weighted by atomic mass is 35.5. The summed E-state index contributed by atoms with van der Waals surface area (Å²) >= 11 is 5.77. The van der Waals surface area contributed by atoms with E-state index in [1.54, 1.807) is 6.92 Å². The van der Waals surface area contributed by atoms with Crippen molar-refractivity contribution in [3.63, 3.8) is 0 Å². The van der Waals surface area contributed by atoms with Gasteiger partial charge in [0.1, 0.15) is 0 Å². The van der Waals surface area contributed by atoms with Crippen molar-refractivity contribution in [2.24, 2.45) is 5.92 Å². The van der Waals surface area contributed by atoms with Crippen molar-refractivity contribution in [2.75, 3.05) is 5.32 Å². The highest BCUT2D eigenvalue weighted by Crippen LogP contribution is 2.33. The number of amides is 2. The molecule has 0 aromatic heterocycles. The number of hydrogen-bond donors (Lipinski definition) is 2. The van der Waals surface area contributed by atoms with E-state index in [1.165, 1.54) is 0 Å². The molecular formula is C16H20ClF3N2O2. The Morgan fingerprint density at radius 1 is 1.12 bits per heavy atom. The summed E-state index contributed by atoms with van der Waals surface area (Å²) in [5.41, 5.74) is -1.23. The number of carbonyl (C=O) groups excluding carboxylic acids is 2. The Hall–Kier alpha value is -1.76. The van der Waals surface area contributed by atoms with Crippen LogP contribution in [0.4, 0.5) is 18.9 Å². The summed E-state index contributed by atoms with van der Waals surface area (Å²) in [5.74, 6) is -1.52. The van der Waals surface area contributed by atoms with E-state index in [0.717, 1.165) is 18.6 Å². The lowest BCUT2D eigenvalue weighted by atomic mass is 10.0. The number of anilines is 1. The van der Waals surface area contributed by atoms with Gasteiger partial charge in [0.2, 0.25) is 0 Å². The van der Waals surface area contributed by atoms with Crippen molar-refractivity contribution in [1.82, 2.24) is 5.32 Å². The Balaban J connectivity index is 2.72. The molecule has 4 nitrogen and oxygen atoms in total. The molecule has 2 N–H and O–H groups in total. The second-order valence-corrected chi connectivity index (χ2v) is 6.40. The monoisotopic (exact) mass is 364 g/mol. The van der Waals surface area contributed by atoms with Gasteiger partial charge in [0.25, 0.3) is 0 Å². The molecule has 0 spiro atoms. The molecular weight excluding hydrogens is 345 g/mol. The van der Waals surface area contributed by atoms with Crippen LogP contribution in [-0.4, -0.2) is 17.9 Å². The minimum absolute atomic E-state index is 0.0861. The van der Waals surface area contributed by atoms with Crippen molar-refractivity contribution in [3.05, 3.63) is 28.8 Å². The molecule has 8 heteroatoms. The molecule has 24 heavy (non-hydrogen) atoms. The first-order valence-corrected chi connectivity index (χ1v) is 7.87. The maximum atomic E-state index is 12.7. The summed E-state index contributed by atoms with van der Waals surface area (Å²) in [6.07, 6.45) is -3.00. The second-order valence-electron chi connectivity index (χ2n) is 5.99. The molecule has 1 aromatic rings. The van der Waals surface area contributed by atoms with Crippen LogP contribution in [0.15, 0.2) is 18.2 Å². The van der Waals surface area contributed by atoms with E-state index in [4.69, 9.17) is 11.6 Å². The summed E-state index contributed by atoms with van der Waals surface area (Å²) in [6, 6.07) is 2.29. The van der Waals surface area contributed by atoms with Crippen LogP contribution in [0.1, 0.15) is 39.2 Å². The first-order valence-electron chi connectivity index (χ1n) is 7.49. The molecule has 1 rings (SSSR count). The van der Waals surface area contributed by atoms with Crippen LogP contribution < -0.4 is 10.6 Å². The standard InChI is InChI=1S/C16H20ClF3N2O2/c1-9(2)4-5-10(3)21-14(23)15(24)22-13-8-11(16(18,19)20)6-7-12(13)17/h6-10H,4-5H2,1-3H3,(H,21,23)(H,22,24). The SMILES string of the molecule is CC(C)CCC(C)NC(=O)C(=O)Nc1cc(C(F)(F)F)ccc1Cl. The minimum atomic E-state index is -4.57. The Morgan fingerprint density at radius 3 is 2.29 bits per heavy atom. The van der Waals surface area contributed by atoms with E-state index in [1.807, 2.05) is 13.8 Å². The lowest BCUT2D eigenvalue weighted by Gasteiger charge is -2.15. The van der Waals surface area contributed by atoms with Crippen LogP contribution in [0, 0.1) is 5.92 Å². The number of rotatable bonds is 5. The van der Waals surface area contributed by atoms with Gasteiger partial charge in [-0.1, -0.05) is 25.4 Å². The van der Waals surface area contributed by atoms with E-state index in [2.05, 4.69) is 10.6 Å².